The minimum atomic E-state index is -0.810. The summed E-state index contributed by atoms with van der Waals surface area (Å²) in [5.74, 6) is -2.20. The summed E-state index contributed by atoms with van der Waals surface area (Å²) in [6.45, 7) is 7.73. The quantitative estimate of drug-likeness (QED) is 0.241. The van der Waals surface area contributed by atoms with Crippen LogP contribution in [-0.4, -0.2) is 218 Å². The summed E-state index contributed by atoms with van der Waals surface area (Å²) in [4.78, 5) is 153. The van der Waals surface area contributed by atoms with E-state index in [-0.39, 0.29) is 65.1 Å². The van der Waals surface area contributed by atoms with Crippen LogP contribution in [0.25, 0.3) is 0 Å². The van der Waals surface area contributed by atoms with Crippen LogP contribution in [0.2, 0.25) is 0 Å². The second-order valence-electron chi connectivity index (χ2n) is 22.0. The molecule has 390 valence electrons. The maximum atomic E-state index is 14.6. The first kappa shape index (κ1) is 50.8. The Labute approximate surface area is 417 Å². The predicted molar refractivity (Wildman–Crippen MR) is 256 cm³/mol. The first-order valence-corrected chi connectivity index (χ1v) is 27.2. The zero-order chi connectivity index (χ0) is 50.1. The third-order valence-corrected chi connectivity index (χ3v) is 17.2. The summed E-state index contributed by atoms with van der Waals surface area (Å²) >= 11 is 0. The van der Waals surface area contributed by atoms with Gasteiger partial charge in [-0.15, -0.1) is 0 Å². The topological polar surface area (TPSA) is 221 Å². The summed E-state index contributed by atoms with van der Waals surface area (Å²) in [7, 11) is 0. The van der Waals surface area contributed by atoms with Crippen LogP contribution in [0.5, 0.6) is 0 Å². The van der Waals surface area contributed by atoms with Crippen molar-refractivity contribution in [1.82, 2.24) is 49.8 Å². The van der Waals surface area contributed by atoms with E-state index < -0.39 is 54.4 Å². The van der Waals surface area contributed by atoms with E-state index in [2.05, 4.69) is 10.6 Å². The largest absolute Gasteiger partial charge is 0.345 e. The van der Waals surface area contributed by atoms with Crippen LogP contribution in [0.3, 0.4) is 0 Å². The van der Waals surface area contributed by atoms with E-state index >= 15 is 0 Å². The summed E-state index contributed by atoms with van der Waals surface area (Å²) in [6, 6.07) is -6.96. The van der Waals surface area contributed by atoms with Gasteiger partial charge in [-0.25, -0.2) is 0 Å². The van der Waals surface area contributed by atoms with Gasteiger partial charge < -0.3 is 54.6 Å². The van der Waals surface area contributed by atoms with E-state index in [1.54, 1.807) is 39.2 Å². The molecule has 0 spiro atoms. The first-order chi connectivity index (χ1) is 34.3. The molecule has 9 amide bonds. The Morgan fingerprint density at radius 1 is 0.408 bits per heavy atom. The van der Waals surface area contributed by atoms with Crippen molar-refractivity contribution in [3.63, 3.8) is 0 Å². The number of hydrogen-bond acceptors (Lipinski definition) is 11. The van der Waals surface area contributed by atoms with Gasteiger partial charge in [0.1, 0.15) is 54.6 Å². The summed E-state index contributed by atoms with van der Waals surface area (Å²) in [5.41, 5.74) is 0. The van der Waals surface area contributed by atoms with Crippen LogP contribution >= 0.6 is 0 Å². The van der Waals surface area contributed by atoms with Crippen LogP contribution in [0, 0.1) is 5.92 Å². The average Bonchev–Trinajstić information content (AvgIpc) is 4.24. The lowest BCUT2D eigenvalue weighted by atomic mass is 10.0. The molecule has 20 heteroatoms. The number of aldehydes is 1. The minimum absolute atomic E-state index is 0.0497. The Morgan fingerprint density at radius 3 is 0.930 bits per heavy atom. The van der Waals surface area contributed by atoms with Gasteiger partial charge in [-0.3, -0.25) is 43.2 Å². The van der Waals surface area contributed by atoms with Gasteiger partial charge in [-0.05, 0) is 134 Å². The van der Waals surface area contributed by atoms with E-state index in [0.717, 1.165) is 32.1 Å². The lowest BCUT2D eigenvalue weighted by Crippen LogP contribution is -2.59. The Bertz CT molecular complexity index is 2100. The molecule has 0 aromatic rings. The third kappa shape index (κ3) is 10.0. The highest BCUT2D eigenvalue weighted by Gasteiger charge is 2.52. The van der Waals surface area contributed by atoms with Gasteiger partial charge in [-0.2, -0.15) is 0 Å². The molecule has 0 aliphatic carbocycles. The summed E-state index contributed by atoms with van der Waals surface area (Å²) in [5, 5.41) is 6.07. The molecule has 9 fully saturated rings. The highest BCUT2D eigenvalue weighted by Crippen LogP contribution is 2.34. The second kappa shape index (κ2) is 21.9. The molecule has 10 atom stereocenters. The normalized spacial score (nSPS) is 31.4. The van der Waals surface area contributed by atoms with Crippen LogP contribution < -0.4 is 10.6 Å². The molecule has 2 N–H and O–H groups in total. The van der Waals surface area contributed by atoms with E-state index in [9.17, 15) is 47.9 Å². The molecule has 9 heterocycles. The fraction of sp³-hybridized carbons (Fsp3) is 0.804. The molecule has 0 aromatic carbocycles. The Hall–Kier alpha value is -5.14. The molecule has 0 bridgehead atoms. The van der Waals surface area contributed by atoms with Crippen molar-refractivity contribution in [2.75, 3.05) is 58.9 Å². The maximum absolute atomic E-state index is 14.6. The Kier molecular flexibility index (Phi) is 15.7. The molecule has 0 saturated carbocycles. The lowest BCUT2D eigenvalue weighted by molar-refractivity contribution is -0.155. The zero-order valence-electron chi connectivity index (χ0n) is 41.9. The van der Waals surface area contributed by atoms with Crippen molar-refractivity contribution in [3.8, 4) is 0 Å². The van der Waals surface area contributed by atoms with Crippen molar-refractivity contribution >= 4 is 59.5 Å². The molecule has 20 nitrogen and oxygen atoms in total. The number of nitrogens with one attached hydrogen (secondary N) is 2. The number of nitrogens with zero attached hydrogens (tertiary/aromatic N) is 8. The van der Waals surface area contributed by atoms with Gasteiger partial charge in [0.2, 0.25) is 53.2 Å². The second-order valence-corrected chi connectivity index (χ2v) is 22.0. The zero-order valence-corrected chi connectivity index (χ0v) is 41.9. The lowest BCUT2D eigenvalue weighted by Gasteiger charge is -2.37. The fourth-order valence-corrected chi connectivity index (χ4v) is 13.7. The van der Waals surface area contributed by atoms with Crippen molar-refractivity contribution < 1.29 is 47.9 Å². The molecule has 9 saturated heterocycles. The molecule has 9 aliphatic rings. The van der Waals surface area contributed by atoms with Crippen LogP contribution in [-0.2, 0) is 47.9 Å². The monoisotopic (exact) mass is 989 g/mol. The maximum Gasteiger partial charge on any atom is 0.246 e. The third-order valence-electron chi connectivity index (χ3n) is 17.2. The van der Waals surface area contributed by atoms with Gasteiger partial charge in [0, 0.05) is 52.4 Å². The number of carbonyl (C=O) groups excluding carboxylic acids is 10. The van der Waals surface area contributed by atoms with E-state index in [4.69, 9.17) is 0 Å². The first-order valence-electron chi connectivity index (χ1n) is 27.2. The van der Waals surface area contributed by atoms with Gasteiger partial charge >= 0.3 is 0 Å². The van der Waals surface area contributed by atoms with E-state index in [0.29, 0.717) is 155 Å². The van der Waals surface area contributed by atoms with Crippen LogP contribution in [0.1, 0.15) is 136 Å². The standard InChI is InChI=1S/C51H76N10O10/c1-32(2)30-33(31-62)53-43(63)35-13-4-22-54(35)45(65)37-15-6-24-56(37)47(67)39-17-8-26-58(39)49(69)41-19-10-28-60(41)51(71)42-20-11-29-61(42)50(70)40-18-9-27-59(40)48(68)38-16-7-25-57(38)46(66)36-14-5-23-55(36)44(64)34-12-3-21-52-34/h31-42,52H,3-30H2,1-2H3,(H,53,63)/t33-,34-,35-,36-,37-,38-,39-,40-,41-,42-/m0/s1. The smallest absolute Gasteiger partial charge is 0.246 e. The number of hydrogen-bond donors (Lipinski definition) is 2. The molecule has 0 unspecified atom stereocenters. The van der Waals surface area contributed by atoms with Gasteiger partial charge in [0.15, 0.2) is 0 Å². The number of likely N-dealkylation sites (tertiary alicyclic amines) is 8. The molecule has 0 aromatic heterocycles. The SMILES string of the molecule is CC(C)C[C@@H](C=O)NC(=O)[C@@H]1CCCN1C(=O)[C@@H]1CCCN1C(=O)[C@@H]1CCCN1C(=O)[C@@H]1CCCN1C(=O)[C@@H]1CCCN1C(=O)[C@@H]1CCCN1C(=O)[C@@H]1CCCN1C(=O)[C@@H]1CCCN1C(=O)[C@@H]1CCCN1. The molecule has 9 rings (SSSR count). The van der Waals surface area contributed by atoms with Gasteiger partial charge in [0.25, 0.3) is 0 Å². The van der Waals surface area contributed by atoms with Crippen molar-refractivity contribution in [1.29, 1.82) is 0 Å². The van der Waals surface area contributed by atoms with Gasteiger partial charge in [0.05, 0.1) is 12.1 Å². The average molecular weight is 989 g/mol. The van der Waals surface area contributed by atoms with Crippen molar-refractivity contribution in [2.45, 2.75) is 196 Å². The molecule has 71 heavy (non-hydrogen) atoms. The predicted octanol–water partition coefficient (Wildman–Crippen LogP) is 0.396. The Balaban J connectivity index is 0.821. The van der Waals surface area contributed by atoms with E-state index in [1.807, 2.05) is 13.8 Å². The van der Waals surface area contributed by atoms with Crippen LogP contribution in [0.4, 0.5) is 0 Å². The van der Waals surface area contributed by atoms with Crippen molar-refractivity contribution in [3.05, 3.63) is 0 Å². The fourth-order valence-electron chi connectivity index (χ4n) is 13.7. The molecular weight excluding hydrogens is 913 g/mol. The van der Waals surface area contributed by atoms with Crippen molar-refractivity contribution in [2.24, 2.45) is 5.92 Å². The molecular formula is C51H76N10O10. The number of carbonyl (C=O) groups is 10. The van der Waals surface area contributed by atoms with Gasteiger partial charge in [-0.1, -0.05) is 13.8 Å². The summed E-state index contributed by atoms with van der Waals surface area (Å²) < 4.78 is 0. The highest BCUT2D eigenvalue weighted by atomic mass is 16.2. The highest BCUT2D eigenvalue weighted by molar-refractivity contribution is 5.99. The molecule has 0 radical (unpaired) electrons. The minimum Gasteiger partial charge on any atom is -0.345 e. The molecule has 9 aliphatic heterocycles. The summed E-state index contributed by atoms with van der Waals surface area (Å²) in [6.07, 6.45) is 11.5. The number of amides is 9. The van der Waals surface area contributed by atoms with E-state index in [1.165, 1.54) is 0 Å². The Morgan fingerprint density at radius 2 is 0.676 bits per heavy atom. The van der Waals surface area contributed by atoms with Crippen LogP contribution in [0.15, 0.2) is 0 Å². The number of rotatable bonds is 13.